The van der Waals surface area contributed by atoms with Crippen LogP contribution in [0, 0.1) is 0 Å². The summed E-state index contributed by atoms with van der Waals surface area (Å²) in [4.78, 5) is 30.6. The molecule has 0 radical (unpaired) electrons. The molecule has 1 heterocycles. The molecule has 0 bridgehead atoms. The first-order chi connectivity index (χ1) is 12.0. The second-order valence-electron chi connectivity index (χ2n) is 5.90. The maximum atomic E-state index is 12.6. The minimum absolute atomic E-state index is 0.00461. The van der Waals surface area contributed by atoms with E-state index in [0.29, 0.717) is 18.8 Å². The van der Waals surface area contributed by atoms with Crippen molar-refractivity contribution in [1.29, 1.82) is 0 Å². The van der Waals surface area contributed by atoms with E-state index in [-0.39, 0.29) is 18.0 Å². The molecule has 0 saturated carbocycles. The number of para-hydroxylation sites is 1. The first kappa shape index (κ1) is 18.9. The van der Waals surface area contributed by atoms with Gasteiger partial charge in [0.05, 0.1) is 6.54 Å². The summed E-state index contributed by atoms with van der Waals surface area (Å²) in [6, 6.07) is 9.15. The molecule has 0 fully saturated rings. The van der Waals surface area contributed by atoms with Gasteiger partial charge in [0.25, 0.3) is 5.91 Å². The number of carbonyl (C=O) groups excluding carboxylic acids is 2. The van der Waals surface area contributed by atoms with Crippen LogP contribution in [0.5, 0.6) is 0 Å². The number of hydrogen-bond acceptors (Lipinski definition) is 4. The highest BCUT2D eigenvalue weighted by molar-refractivity contribution is 7.09. The zero-order valence-corrected chi connectivity index (χ0v) is 15.6. The van der Waals surface area contributed by atoms with Crippen molar-refractivity contribution in [3.63, 3.8) is 0 Å². The SMILES string of the molecule is CCCNC(=O)c1csc(CN(C(=O)Nc2ccccc2)C(C)C)n1. The lowest BCUT2D eigenvalue weighted by atomic mass is 10.3. The van der Waals surface area contributed by atoms with Crippen molar-refractivity contribution in [2.75, 3.05) is 11.9 Å². The van der Waals surface area contributed by atoms with Gasteiger partial charge in [0.15, 0.2) is 0 Å². The molecule has 0 aliphatic rings. The number of nitrogens with one attached hydrogen (secondary N) is 2. The highest BCUT2D eigenvalue weighted by Crippen LogP contribution is 2.16. The molecule has 3 amide bonds. The number of thiazole rings is 1. The summed E-state index contributed by atoms with van der Waals surface area (Å²) in [5, 5.41) is 8.16. The average Bonchev–Trinajstić information content (AvgIpc) is 3.07. The molecule has 0 unspecified atom stereocenters. The van der Waals surface area contributed by atoms with Gasteiger partial charge in [0, 0.05) is 23.7 Å². The van der Waals surface area contributed by atoms with Crippen molar-refractivity contribution in [2.45, 2.75) is 39.8 Å². The Balaban J connectivity index is 2.03. The van der Waals surface area contributed by atoms with Crippen LogP contribution in [0.15, 0.2) is 35.7 Å². The van der Waals surface area contributed by atoms with E-state index in [4.69, 9.17) is 0 Å². The van der Waals surface area contributed by atoms with Crippen molar-refractivity contribution >= 4 is 29.0 Å². The molecule has 2 N–H and O–H groups in total. The first-order valence-electron chi connectivity index (χ1n) is 8.36. The minimum Gasteiger partial charge on any atom is -0.351 e. The summed E-state index contributed by atoms with van der Waals surface area (Å²) in [5.41, 5.74) is 1.15. The van der Waals surface area contributed by atoms with E-state index in [1.807, 2.05) is 51.1 Å². The zero-order chi connectivity index (χ0) is 18.2. The fraction of sp³-hybridized carbons (Fsp3) is 0.389. The van der Waals surface area contributed by atoms with E-state index < -0.39 is 0 Å². The number of amides is 3. The van der Waals surface area contributed by atoms with Gasteiger partial charge >= 0.3 is 6.03 Å². The summed E-state index contributed by atoms with van der Waals surface area (Å²) < 4.78 is 0. The van der Waals surface area contributed by atoms with Gasteiger partial charge < -0.3 is 15.5 Å². The van der Waals surface area contributed by atoms with Crippen LogP contribution in [0.1, 0.15) is 42.7 Å². The number of hydrogen-bond donors (Lipinski definition) is 2. The van der Waals surface area contributed by atoms with E-state index in [0.717, 1.165) is 17.1 Å². The monoisotopic (exact) mass is 360 g/mol. The van der Waals surface area contributed by atoms with Crippen LogP contribution in [-0.4, -0.2) is 34.4 Å². The maximum Gasteiger partial charge on any atom is 0.322 e. The van der Waals surface area contributed by atoms with Crippen molar-refractivity contribution < 1.29 is 9.59 Å². The molecule has 2 aromatic rings. The van der Waals surface area contributed by atoms with Gasteiger partial charge in [0.2, 0.25) is 0 Å². The van der Waals surface area contributed by atoms with E-state index in [9.17, 15) is 9.59 Å². The van der Waals surface area contributed by atoms with Crippen LogP contribution in [0.3, 0.4) is 0 Å². The molecule has 0 aliphatic carbocycles. The largest absolute Gasteiger partial charge is 0.351 e. The molecule has 0 saturated heterocycles. The van der Waals surface area contributed by atoms with E-state index >= 15 is 0 Å². The van der Waals surface area contributed by atoms with Gasteiger partial charge in [-0.3, -0.25) is 4.79 Å². The molecule has 0 aliphatic heterocycles. The van der Waals surface area contributed by atoms with E-state index in [1.165, 1.54) is 11.3 Å². The molecule has 134 valence electrons. The van der Waals surface area contributed by atoms with Gasteiger partial charge in [-0.2, -0.15) is 0 Å². The second kappa shape index (κ2) is 9.17. The molecule has 2 rings (SSSR count). The third kappa shape index (κ3) is 5.56. The number of rotatable bonds is 7. The van der Waals surface area contributed by atoms with Gasteiger partial charge in [-0.05, 0) is 32.4 Å². The van der Waals surface area contributed by atoms with Crippen molar-refractivity contribution in [3.8, 4) is 0 Å². The number of aromatic nitrogens is 1. The van der Waals surface area contributed by atoms with Gasteiger partial charge in [-0.1, -0.05) is 25.1 Å². The van der Waals surface area contributed by atoms with Crippen LogP contribution in [0.2, 0.25) is 0 Å². The summed E-state index contributed by atoms with van der Waals surface area (Å²) >= 11 is 1.39. The fourth-order valence-electron chi connectivity index (χ4n) is 2.17. The van der Waals surface area contributed by atoms with E-state index in [1.54, 1.807) is 10.3 Å². The number of urea groups is 1. The third-order valence-electron chi connectivity index (χ3n) is 3.53. The lowest BCUT2D eigenvalue weighted by molar-refractivity contribution is 0.0949. The number of carbonyl (C=O) groups is 2. The maximum absolute atomic E-state index is 12.6. The summed E-state index contributed by atoms with van der Waals surface area (Å²) in [6.45, 7) is 6.89. The Bertz CT molecular complexity index is 700. The van der Waals surface area contributed by atoms with Gasteiger partial charge in [-0.25, -0.2) is 9.78 Å². The Hall–Kier alpha value is -2.41. The highest BCUT2D eigenvalue weighted by Gasteiger charge is 2.20. The Morgan fingerprint density at radius 2 is 1.96 bits per heavy atom. The molecule has 1 aromatic carbocycles. The predicted molar refractivity (Wildman–Crippen MR) is 101 cm³/mol. The Kier molecular flexibility index (Phi) is 6.94. The standard InChI is InChI=1S/C18H24N4O2S/c1-4-10-19-17(23)15-12-25-16(21-15)11-22(13(2)3)18(24)20-14-8-6-5-7-9-14/h5-9,12-13H,4,10-11H2,1-3H3,(H,19,23)(H,20,24). The highest BCUT2D eigenvalue weighted by atomic mass is 32.1. The lowest BCUT2D eigenvalue weighted by Gasteiger charge is -2.26. The van der Waals surface area contributed by atoms with Crippen LogP contribution < -0.4 is 10.6 Å². The first-order valence-corrected chi connectivity index (χ1v) is 9.24. The van der Waals surface area contributed by atoms with Crippen LogP contribution in [-0.2, 0) is 6.54 Å². The van der Waals surface area contributed by atoms with Crippen molar-refractivity contribution in [1.82, 2.24) is 15.2 Å². The van der Waals surface area contributed by atoms with Crippen molar-refractivity contribution in [2.24, 2.45) is 0 Å². The second-order valence-corrected chi connectivity index (χ2v) is 6.84. The number of nitrogens with zero attached hydrogens (tertiary/aromatic N) is 2. The van der Waals surface area contributed by atoms with E-state index in [2.05, 4.69) is 15.6 Å². The number of benzene rings is 1. The summed E-state index contributed by atoms with van der Waals surface area (Å²) in [5.74, 6) is -0.172. The molecule has 7 heteroatoms. The topological polar surface area (TPSA) is 74.3 Å². The molecule has 25 heavy (non-hydrogen) atoms. The molecule has 1 aromatic heterocycles. The zero-order valence-electron chi connectivity index (χ0n) is 14.8. The summed E-state index contributed by atoms with van der Waals surface area (Å²) in [7, 11) is 0. The molecule has 0 spiro atoms. The normalized spacial score (nSPS) is 10.6. The molecule has 0 atom stereocenters. The van der Waals surface area contributed by atoms with Crippen LogP contribution >= 0.6 is 11.3 Å². The average molecular weight is 360 g/mol. The number of anilines is 1. The van der Waals surface area contributed by atoms with Crippen LogP contribution in [0.25, 0.3) is 0 Å². The van der Waals surface area contributed by atoms with Gasteiger partial charge in [0.1, 0.15) is 10.7 Å². The van der Waals surface area contributed by atoms with Crippen LogP contribution in [0.4, 0.5) is 10.5 Å². The molecular formula is C18H24N4O2S. The third-order valence-corrected chi connectivity index (χ3v) is 4.37. The molecule has 6 nitrogen and oxygen atoms in total. The Morgan fingerprint density at radius 3 is 2.60 bits per heavy atom. The lowest BCUT2D eigenvalue weighted by Crippen LogP contribution is -2.39. The smallest absolute Gasteiger partial charge is 0.322 e. The summed E-state index contributed by atoms with van der Waals surface area (Å²) in [6.07, 6.45) is 0.878. The molecular weight excluding hydrogens is 336 g/mol. The van der Waals surface area contributed by atoms with Crippen molar-refractivity contribution in [3.05, 3.63) is 46.4 Å². The Morgan fingerprint density at radius 1 is 1.24 bits per heavy atom. The minimum atomic E-state index is -0.187. The quantitative estimate of drug-likeness (QED) is 0.790. The fourth-order valence-corrected chi connectivity index (χ4v) is 2.94. The Labute approximate surface area is 152 Å². The predicted octanol–water partition coefficient (Wildman–Crippen LogP) is 3.73. The van der Waals surface area contributed by atoms with Gasteiger partial charge in [-0.15, -0.1) is 11.3 Å².